The van der Waals surface area contributed by atoms with E-state index in [1.54, 1.807) is 0 Å². The summed E-state index contributed by atoms with van der Waals surface area (Å²) in [5, 5.41) is 8.92. The fourth-order valence-electron chi connectivity index (χ4n) is 1.56. The molecule has 13 heavy (non-hydrogen) atoms. The molecule has 0 aromatic heterocycles. The van der Waals surface area contributed by atoms with Gasteiger partial charge in [-0.3, -0.25) is 0 Å². The molecule has 0 fully saturated rings. The van der Waals surface area contributed by atoms with Crippen molar-refractivity contribution in [2.24, 2.45) is 4.99 Å². The molecule has 0 aromatic carbocycles. The van der Waals surface area contributed by atoms with Crippen molar-refractivity contribution in [2.75, 3.05) is 20.2 Å². The first-order valence-corrected chi connectivity index (χ1v) is 4.22. The first-order chi connectivity index (χ1) is 5.52. The van der Waals surface area contributed by atoms with E-state index in [2.05, 4.69) is 19.0 Å². The summed E-state index contributed by atoms with van der Waals surface area (Å²) in [4.78, 5) is 4.40. The van der Waals surface area contributed by atoms with Crippen LogP contribution in [0, 0.1) is 0 Å². The van der Waals surface area contributed by atoms with Crippen molar-refractivity contribution < 1.29 is 26.6 Å². The third kappa shape index (κ3) is 2.00. The van der Waals surface area contributed by atoms with Crippen LogP contribution in [0.25, 0.3) is 0 Å². The Morgan fingerprint density at radius 3 is 2.15 bits per heavy atom. The number of aliphatic hydroxyl groups excluding tert-OH is 1. The van der Waals surface area contributed by atoms with E-state index in [0.29, 0.717) is 4.48 Å². The summed E-state index contributed by atoms with van der Waals surface area (Å²) < 4.78 is 0.683. The van der Waals surface area contributed by atoms with Crippen LogP contribution in [0.4, 0.5) is 0 Å². The lowest BCUT2D eigenvalue weighted by atomic mass is 10.3. The molecule has 0 aliphatic carbocycles. The van der Waals surface area contributed by atoms with Crippen molar-refractivity contribution in [1.29, 1.82) is 0 Å². The van der Waals surface area contributed by atoms with E-state index in [1.165, 1.54) is 5.70 Å². The molecule has 0 radical (unpaired) electrons. The van der Waals surface area contributed by atoms with Crippen molar-refractivity contribution in [3.8, 4) is 0 Å². The molecule has 1 N–H and O–H groups in total. The van der Waals surface area contributed by atoms with Gasteiger partial charge in [0.25, 0.3) is 0 Å². The normalized spacial score (nSPS) is 27.3. The summed E-state index contributed by atoms with van der Waals surface area (Å²) in [5.41, 5.74) is 2.32. The zero-order valence-electron chi connectivity index (χ0n) is 8.63. The smallest absolute Gasteiger partial charge is 0.204 e. The van der Waals surface area contributed by atoms with Crippen LogP contribution >= 0.6 is 0 Å². The minimum atomic E-state index is 0. The number of likely N-dealkylation sites (N-methyl/N-ethyl adjacent to an activating group) is 1. The molecule has 0 saturated heterocycles. The standard InChI is InChI=1S/C9H17N2O.BrH/c1-7-8(2)11(4,5-6-12)9(3)10-7;/h12H,5-6H2,1-4H3;1H/q+1;/p-1. The number of aliphatic hydroxyl groups is 1. The first kappa shape index (κ1) is 12.8. The van der Waals surface area contributed by atoms with Crippen molar-refractivity contribution in [3.63, 3.8) is 0 Å². The van der Waals surface area contributed by atoms with E-state index in [1.807, 2.05) is 13.8 Å². The van der Waals surface area contributed by atoms with Gasteiger partial charge in [-0.15, -0.1) is 0 Å². The molecular formula is C9H17BrN2O. The third-order valence-corrected chi connectivity index (χ3v) is 2.85. The number of aliphatic imine (C=N–C) groups is 1. The third-order valence-electron chi connectivity index (χ3n) is 2.85. The Balaban J connectivity index is 0.00000144. The molecule has 1 unspecified atom stereocenters. The van der Waals surface area contributed by atoms with Gasteiger partial charge in [0.2, 0.25) is 5.84 Å². The Morgan fingerprint density at radius 1 is 1.31 bits per heavy atom. The fraction of sp³-hybridized carbons (Fsp3) is 0.667. The Hall–Kier alpha value is -0.190. The molecule has 0 aromatic rings. The van der Waals surface area contributed by atoms with Crippen LogP contribution in [0.15, 0.2) is 16.4 Å². The summed E-state index contributed by atoms with van der Waals surface area (Å²) in [5.74, 6) is 1.07. The SMILES string of the molecule is CC1=NC(C)=C(C)[N+]1(C)CCO.[Br-]. The van der Waals surface area contributed by atoms with Crippen LogP contribution in [0.2, 0.25) is 0 Å². The van der Waals surface area contributed by atoms with Gasteiger partial charge in [0.15, 0.2) is 0 Å². The van der Waals surface area contributed by atoms with E-state index < -0.39 is 0 Å². The van der Waals surface area contributed by atoms with E-state index in [4.69, 9.17) is 5.11 Å². The highest BCUT2D eigenvalue weighted by molar-refractivity contribution is 5.77. The van der Waals surface area contributed by atoms with Crippen LogP contribution in [0.5, 0.6) is 0 Å². The second-order valence-corrected chi connectivity index (χ2v) is 3.47. The highest BCUT2D eigenvalue weighted by atomic mass is 79.9. The predicted octanol–water partition coefficient (Wildman–Crippen LogP) is -1.89. The van der Waals surface area contributed by atoms with Crippen LogP contribution < -0.4 is 17.0 Å². The first-order valence-electron chi connectivity index (χ1n) is 4.22. The van der Waals surface area contributed by atoms with E-state index in [0.717, 1.165) is 18.1 Å². The van der Waals surface area contributed by atoms with E-state index >= 15 is 0 Å². The number of hydrogen-bond acceptors (Lipinski definition) is 2. The minimum Gasteiger partial charge on any atom is -1.00 e. The average molecular weight is 249 g/mol. The molecule has 0 amide bonds. The topological polar surface area (TPSA) is 32.6 Å². The van der Waals surface area contributed by atoms with E-state index in [9.17, 15) is 0 Å². The van der Waals surface area contributed by atoms with Gasteiger partial charge in [-0.1, -0.05) is 0 Å². The van der Waals surface area contributed by atoms with Crippen LogP contribution in [-0.2, 0) is 0 Å². The predicted molar refractivity (Wildman–Crippen MR) is 49.6 cm³/mol. The molecule has 1 heterocycles. The van der Waals surface area contributed by atoms with Gasteiger partial charge in [0.1, 0.15) is 12.2 Å². The number of amidine groups is 1. The second kappa shape index (κ2) is 4.35. The zero-order valence-corrected chi connectivity index (χ0v) is 10.2. The number of allylic oxidation sites excluding steroid dienone is 2. The van der Waals surface area contributed by atoms with Gasteiger partial charge < -0.3 is 22.1 Å². The summed E-state index contributed by atoms with van der Waals surface area (Å²) in [6, 6.07) is 0. The van der Waals surface area contributed by atoms with E-state index in [-0.39, 0.29) is 23.6 Å². The van der Waals surface area contributed by atoms with Gasteiger partial charge >= 0.3 is 0 Å². The lowest BCUT2D eigenvalue weighted by molar-refractivity contribution is -0.779. The molecule has 3 nitrogen and oxygen atoms in total. The van der Waals surface area contributed by atoms with Gasteiger partial charge in [-0.25, -0.2) is 4.48 Å². The van der Waals surface area contributed by atoms with Crippen LogP contribution in [0.3, 0.4) is 0 Å². The molecule has 0 saturated carbocycles. The molecule has 4 heteroatoms. The average Bonchev–Trinajstić information content (AvgIpc) is 2.17. The minimum absolute atomic E-state index is 0. The Bertz CT molecular complexity index is 260. The number of hydrogen-bond donors (Lipinski definition) is 1. The van der Waals surface area contributed by atoms with Gasteiger partial charge in [0.05, 0.1) is 19.4 Å². The number of quaternary nitrogens is 1. The van der Waals surface area contributed by atoms with Gasteiger partial charge in [-0.05, 0) is 6.92 Å². The molecule has 0 bridgehead atoms. The Kier molecular flexibility index (Phi) is 4.29. The molecule has 1 rings (SSSR count). The van der Waals surface area contributed by atoms with Gasteiger partial charge in [-0.2, -0.15) is 4.99 Å². The summed E-state index contributed by atoms with van der Waals surface area (Å²) in [6.45, 7) is 7.02. The number of halogens is 1. The summed E-state index contributed by atoms with van der Waals surface area (Å²) >= 11 is 0. The Morgan fingerprint density at radius 2 is 1.85 bits per heavy atom. The fourth-order valence-corrected chi connectivity index (χ4v) is 1.56. The summed E-state index contributed by atoms with van der Waals surface area (Å²) in [6.07, 6.45) is 0. The lowest BCUT2D eigenvalue weighted by Crippen LogP contribution is -3.00. The lowest BCUT2D eigenvalue weighted by Gasteiger charge is -2.29. The molecule has 1 aliphatic heterocycles. The molecular weight excluding hydrogens is 232 g/mol. The highest BCUT2D eigenvalue weighted by Gasteiger charge is 2.34. The second-order valence-electron chi connectivity index (χ2n) is 3.47. The van der Waals surface area contributed by atoms with Crippen molar-refractivity contribution >= 4 is 5.84 Å². The van der Waals surface area contributed by atoms with Crippen LogP contribution in [-0.4, -0.2) is 35.6 Å². The molecule has 76 valence electrons. The zero-order chi connectivity index (χ0) is 9.35. The van der Waals surface area contributed by atoms with Gasteiger partial charge in [0, 0.05) is 13.8 Å². The van der Waals surface area contributed by atoms with Crippen molar-refractivity contribution in [1.82, 2.24) is 0 Å². The molecule has 1 atom stereocenters. The maximum atomic E-state index is 8.92. The molecule has 0 spiro atoms. The monoisotopic (exact) mass is 248 g/mol. The largest absolute Gasteiger partial charge is 1.00 e. The molecule has 1 aliphatic rings. The number of nitrogens with zero attached hydrogens (tertiary/aromatic N) is 2. The Labute approximate surface area is 90.1 Å². The number of rotatable bonds is 2. The summed E-state index contributed by atoms with van der Waals surface area (Å²) in [7, 11) is 2.08. The van der Waals surface area contributed by atoms with Crippen LogP contribution in [0.1, 0.15) is 20.8 Å². The van der Waals surface area contributed by atoms with Crippen molar-refractivity contribution in [2.45, 2.75) is 20.8 Å². The highest BCUT2D eigenvalue weighted by Crippen LogP contribution is 2.26. The van der Waals surface area contributed by atoms with Crippen molar-refractivity contribution in [3.05, 3.63) is 11.4 Å². The maximum absolute atomic E-state index is 8.92. The maximum Gasteiger partial charge on any atom is 0.204 e. The quantitative estimate of drug-likeness (QED) is 0.570.